The lowest BCUT2D eigenvalue weighted by Crippen LogP contribution is -2.29. The number of Topliss-reactive ketones (excluding diaryl/α,β-unsaturated/α-hetero) is 1. The third-order valence-electron chi connectivity index (χ3n) is 5.14. The summed E-state index contributed by atoms with van der Waals surface area (Å²) in [7, 11) is 1.53. The van der Waals surface area contributed by atoms with Crippen molar-refractivity contribution in [3.8, 4) is 11.5 Å². The summed E-state index contributed by atoms with van der Waals surface area (Å²) in [6.07, 6.45) is 0. The molecule has 1 fully saturated rings. The molecule has 3 aromatic rings. The largest absolute Gasteiger partial charge is 0.507 e. The third kappa shape index (κ3) is 3.62. The minimum absolute atomic E-state index is 0.0641. The van der Waals surface area contributed by atoms with Crippen molar-refractivity contribution in [1.29, 1.82) is 0 Å². The first kappa shape index (κ1) is 20.5. The van der Waals surface area contributed by atoms with Gasteiger partial charge in [0.05, 0.1) is 24.3 Å². The molecule has 0 aromatic heterocycles. The first-order valence-corrected chi connectivity index (χ1v) is 9.79. The lowest BCUT2D eigenvalue weighted by molar-refractivity contribution is -0.132. The van der Waals surface area contributed by atoms with Gasteiger partial charge in [0.25, 0.3) is 11.7 Å². The molecule has 0 bridgehead atoms. The highest BCUT2D eigenvalue weighted by molar-refractivity contribution is 6.51. The van der Waals surface area contributed by atoms with Crippen LogP contribution in [0.4, 0.5) is 5.69 Å². The molecule has 1 amide bonds. The number of phenolic OH excluding ortho intramolecular Hbond substituents is 1. The van der Waals surface area contributed by atoms with E-state index in [0.717, 1.165) is 0 Å². The van der Waals surface area contributed by atoms with E-state index >= 15 is 0 Å². The zero-order valence-electron chi connectivity index (χ0n) is 16.4. The Kier molecular flexibility index (Phi) is 5.40. The molecular weight excluding hydrogens is 418 g/mol. The molecule has 1 heterocycles. The molecule has 6 nitrogen and oxygen atoms in total. The first-order chi connectivity index (χ1) is 14.9. The van der Waals surface area contributed by atoms with E-state index in [1.807, 2.05) is 0 Å². The zero-order chi connectivity index (χ0) is 22.1. The van der Waals surface area contributed by atoms with E-state index in [1.165, 1.54) is 24.1 Å². The molecule has 156 valence electrons. The topological polar surface area (TPSA) is 87.1 Å². The number of aromatic hydroxyl groups is 1. The molecule has 1 aliphatic rings. The number of aliphatic hydroxyl groups is 1. The van der Waals surface area contributed by atoms with Gasteiger partial charge in [0.2, 0.25) is 0 Å². The number of benzene rings is 3. The van der Waals surface area contributed by atoms with E-state index in [0.29, 0.717) is 22.0 Å². The van der Waals surface area contributed by atoms with Crippen molar-refractivity contribution in [3.63, 3.8) is 0 Å². The first-order valence-electron chi connectivity index (χ1n) is 9.41. The van der Waals surface area contributed by atoms with Gasteiger partial charge in [-0.3, -0.25) is 14.5 Å². The maximum Gasteiger partial charge on any atom is 0.300 e. The van der Waals surface area contributed by atoms with Gasteiger partial charge in [-0.15, -0.1) is 0 Å². The summed E-state index contributed by atoms with van der Waals surface area (Å²) < 4.78 is 5.17. The molecular formula is C24H18ClNO5. The molecule has 7 heteroatoms. The van der Waals surface area contributed by atoms with Crippen LogP contribution in [0, 0.1) is 0 Å². The van der Waals surface area contributed by atoms with Gasteiger partial charge in [0.1, 0.15) is 17.3 Å². The van der Waals surface area contributed by atoms with E-state index in [9.17, 15) is 19.8 Å². The third-order valence-corrected chi connectivity index (χ3v) is 5.39. The Balaban J connectivity index is 1.94. The SMILES string of the molecule is COc1ccc(N2C(=O)C(=O)C(=C(O)c3ccccc3O)C2c2ccc(Cl)cc2)cc1. The molecule has 0 radical (unpaired) electrons. The lowest BCUT2D eigenvalue weighted by atomic mass is 9.95. The standard InChI is InChI=1S/C24H18ClNO5/c1-31-17-12-10-16(11-13-17)26-21(14-6-8-15(25)9-7-14)20(23(29)24(26)30)22(28)18-4-2-3-5-19(18)27/h2-13,21,27-28H,1H3. The van der Waals surface area contributed by atoms with Crippen LogP contribution in [-0.4, -0.2) is 29.0 Å². The van der Waals surface area contributed by atoms with Crippen LogP contribution in [0.1, 0.15) is 17.2 Å². The van der Waals surface area contributed by atoms with Crippen molar-refractivity contribution < 1.29 is 24.5 Å². The maximum atomic E-state index is 13.1. The smallest absolute Gasteiger partial charge is 0.300 e. The number of halogens is 1. The van der Waals surface area contributed by atoms with Crippen molar-refractivity contribution in [2.45, 2.75) is 6.04 Å². The highest BCUT2D eigenvalue weighted by Crippen LogP contribution is 2.43. The van der Waals surface area contributed by atoms with Crippen LogP contribution >= 0.6 is 11.6 Å². The molecule has 1 unspecified atom stereocenters. The highest BCUT2D eigenvalue weighted by atomic mass is 35.5. The number of phenols is 1. The van der Waals surface area contributed by atoms with E-state index < -0.39 is 23.5 Å². The van der Waals surface area contributed by atoms with Crippen LogP contribution in [0.3, 0.4) is 0 Å². The van der Waals surface area contributed by atoms with Gasteiger partial charge in [0.15, 0.2) is 0 Å². The molecule has 2 N–H and O–H groups in total. The van der Waals surface area contributed by atoms with Gasteiger partial charge >= 0.3 is 0 Å². The molecule has 4 rings (SSSR count). The van der Waals surface area contributed by atoms with Gasteiger partial charge in [-0.25, -0.2) is 0 Å². The quantitative estimate of drug-likeness (QED) is 0.353. The fourth-order valence-corrected chi connectivity index (χ4v) is 3.75. The average molecular weight is 436 g/mol. The second-order valence-electron chi connectivity index (χ2n) is 6.94. The normalized spacial score (nSPS) is 17.7. The Morgan fingerprint density at radius 2 is 1.61 bits per heavy atom. The minimum Gasteiger partial charge on any atom is -0.507 e. The van der Waals surface area contributed by atoms with Gasteiger partial charge in [0, 0.05) is 10.7 Å². The predicted octanol–water partition coefficient (Wildman–Crippen LogP) is 4.68. The van der Waals surface area contributed by atoms with E-state index in [1.54, 1.807) is 60.7 Å². The van der Waals surface area contributed by atoms with Crippen LogP contribution in [0.15, 0.2) is 78.4 Å². The van der Waals surface area contributed by atoms with Gasteiger partial charge in [-0.2, -0.15) is 0 Å². The van der Waals surface area contributed by atoms with Crippen LogP contribution in [0.25, 0.3) is 5.76 Å². The molecule has 0 saturated carbocycles. The summed E-state index contributed by atoms with van der Waals surface area (Å²) >= 11 is 6.02. The molecule has 0 spiro atoms. The monoisotopic (exact) mass is 435 g/mol. The fourth-order valence-electron chi connectivity index (χ4n) is 3.62. The van der Waals surface area contributed by atoms with Crippen LogP contribution in [-0.2, 0) is 9.59 Å². The summed E-state index contributed by atoms with van der Waals surface area (Å²) in [5, 5.41) is 21.7. The Morgan fingerprint density at radius 1 is 0.968 bits per heavy atom. The Hall–Kier alpha value is -3.77. The number of anilines is 1. The van der Waals surface area contributed by atoms with Crippen LogP contribution in [0.5, 0.6) is 11.5 Å². The second-order valence-corrected chi connectivity index (χ2v) is 7.37. The summed E-state index contributed by atoms with van der Waals surface area (Å²) in [5.41, 5.74) is 0.981. The average Bonchev–Trinajstić information content (AvgIpc) is 3.05. The molecule has 3 aromatic carbocycles. The number of hydrogen-bond acceptors (Lipinski definition) is 5. The van der Waals surface area contributed by atoms with Crippen LogP contribution in [0.2, 0.25) is 5.02 Å². The van der Waals surface area contributed by atoms with E-state index in [4.69, 9.17) is 16.3 Å². The Labute approximate surface area is 183 Å². The van der Waals surface area contributed by atoms with Crippen molar-refractivity contribution in [3.05, 3.63) is 94.5 Å². The zero-order valence-corrected chi connectivity index (χ0v) is 17.2. The number of amides is 1. The number of rotatable bonds is 4. The number of methoxy groups -OCH3 is 1. The summed E-state index contributed by atoms with van der Waals surface area (Å²) in [5.74, 6) is -1.70. The van der Waals surface area contributed by atoms with Crippen LogP contribution < -0.4 is 9.64 Å². The maximum absolute atomic E-state index is 13.1. The van der Waals surface area contributed by atoms with E-state index in [-0.39, 0.29) is 16.9 Å². The highest BCUT2D eigenvalue weighted by Gasteiger charge is 2.47. The van der Waals surface area contributed by atoms with Crippen molar-refractivity contribution in [2.75, 3.05) is 12.0 Å². The summed E-state index contributed by atoms with van der Waals surface area (Å²) in [6, 6.07) is 18.5. The number of ketones is 1. The minimum atomic E-state index is -0.912. The summed E-state index contributed by atoms with van der Waals surface area (Å²) in [6.45, 7) is 0. The summed E-state index contributed by atoms with van der Waals surface area (Å²) in [4.78, 5) is 27.4. The molecule has 1 aliphatic heterocycles. The molecule has 1 saturated heterocycles. The number of para-hydroxylation sites is 1. The van der Waals surface area contributed by atoms with Crippen molar-refractivity contribution >= 4 is 34.7 Å². The number of carbonyl (C=O) groups excluding carboxylic acids is 2. The molecule has 1 atom stereocenters. The fraction of sp³-hybridized carbons (Fsp3) is 0.0833. The van der Waals surface area contributed by atoms with Crippen molar-refractivity contribution in [2.24, 2.45) is 0 Å². The molecule has 0 aliphatic carbocycles. The second kappa shape index (κ2) is 8.16. The van der Waals surface area contributed by atoms with Gasteiger partial charge < -0.3 is 14.9 Å². The Bertz CT molecular complexity index is 1190. The lowest BCUT2D eigenvalue weighted by Gasteiger charge is -2.25. The van der Waals surface area contributed by atoms with E-state index in [2.05, 4.69) is 0 Å². The molecule has 31 heavy (non-hydrogen) atoms. The Morgan fingerprint density at radius 3 is 2.23 bits per heavy atom. The number of ether oxygens (including phenoxy) is 1. The number of nitrogens with zero attached hydrogens (tertiary/aromatic N) is 1. The predicted molar refractivity (Wildman–Crippen MR) is 117 cm³/mol. The number of hydrogen-bond donors (Lipinski definition) is 2. The van der Waals surface area contributed by atoms with Gasteiger partial charge in [-0.1, -0.05) is 35.9 Å². The van der Waals surface area contributed by atoms with Crippen molar-refractivity contribution in [1.82, 2.24) is 0 Å². The number of aliphatic hydroxyl groups excluding tert-OH is 1. The number of carbonyl (C=O) groups is 2. The van der Waals surface area contributed by atoms with Gasteiger partial charge in [-0.05, 0) is 54.1 Å².